The molecule has 0 saturated carbocycles. The molecule has 1 aliphatic rings. The summed E-state index contributed by atoms with van der Waals surface area (Å²) in [4.78, 5) is 2.13. The van der Waals surface area contributed by atoms with E-state index < -0.39 is 0 Å². The van der Waals surface area contributed by atoms with E-state index in [-0.39, 0.29) is 6.04 Å². The van der Waals surface area contributed by atoms with Crippen molar-refractivity contribution in [3.63, 3.8) is 0 Å². The van der Waals surface area contributed by atoms with Gasteiger partial charge in [-0.05, 0) is 42.3 Å². The first-order valence-electron chi connectivity index (χ1n) is 9.38. The standard InChI is InChI=1S/C24H25N3/c1-18-9-7-8-12-22(18)23-17-24(19-13-15-20(16-14-19)26(2)3)27(25-23)21-10-5-4-6-11-21/h4-16,24H,17H2,1-3H3. The Morgan fingerprint density at radius 2 is 1.52 bits per heavy atom. The highest BCUT2D eigenvalue weighted by atomic mass is 15.5. The summed E-state index contributed by atoms with van der Waals surface area (Å²) < 4.78 is 0. The maximum absolute atomic E-state index is 5.04. The second-order valence-corrected chi connectivity index (χ2v) is 7.25. The van der Waals surface area contributed by atoms with E-state index >= 15 is 0 Å². The van der Waals surface area contributed by atoms with Crippen molar-refractivity contribution in [2.75, 3.05) is 24.0 Å². The van der Waals surface area contributed by atoms with Crippen molar-refractivity contribution in [3.05, 3.63) is 95.6 Å². The average molecular weight is 355 g/mol. The van der Waals surface area contributed by atoms with E-state index in [9.17, 15) is 0 Å². The van der Waals surface area contributed by atoms with Crippen LogP contribution in [0.15, 0.2) is 84.0 Å². The number of hydrogen-bond donors (Lipinski definition) is 0. The van der Waals surface area contributed by atoms with Gasteiger partial charge in [0.1, 0.15) is 0 Å². The van der Waals surface area contributed by atoms with E-state index in [1.165, 1.54) is 22.4 Å². The van der Waals surface area contributed by atoms with Crippen LogP contribution in [0.25, 0.3) is 0 Å². The molecule has 0 saturated heterocycles. The molecule has 1 unspecified atom stereocenters. The number of benzene rings is 3. The van der Waals surface area contributed by atoms with Gasteiger partial charge >= 0.3 is 0 Å². The number of aryl methyl sites for hydroxylation is 1. The SMILES string of the molecule is Cc1ccccc1C1=NN(c2ccccc2)C(c2ccc(N(C)C)cc2)C1. The third-order valence-corrected chi connectivity index (χ3v) is 5.18. The van der Waals surface area contributed by atoms with Crippen LogP contribution in [-0.2, 0) is 0 Å². The molecule has 3 heteroatoms. The fourth-order valence-electron chi connectivity index (χ4n) is 3.64. The van der Waals surface area contributed by atoms with Gasteiger partial charge in [0.05, 0.1) is 17.4 Å². The van der Waals surface area contributed by atoms with Crippen LogP contribution in [-0.4, -0.2) is 19.8 Å². The van der Waals surface area contributed by atoms with Crippen LogP contribution in [0.2, 0.25) is 0 Å². The molecule has 0 spiro atoms. The van der Waals surface area contributed by atoms with Crippen LogP contribution in [0.5, 0.6) is 0 Å². The fraction of sp³-hybridized carbons (Fsp3) is 0.208. The molecule has 3 aromatic rings. The second-order valence-electron chi connectivity index (χ2n) is 7.25. The summed E-state index contributed by atoms with van der Waals surface area (Å²) in [6.45, 7) is 2.16. The molecule has 3 aromatic carbocycles. The predicted molar refractivity (Wildman–Crippen MR) is 115 cm³/mol. The first kappa shape index (κ1) is 17.3. The number of hydrogen-bond acceptors (Lipinski definition) is 3. The minimum atomic E-state index is 0.207. The van der Waals surface area contributed by atoms with E-state index in [2.05, 4.69) is 104 Å². The van der Waals surface area contributed by atoms with E-state index in [1.807, 2.05) is 6.07 Å². The lowest BCUT2D eigenvalue weighted by Crippen LogP contribution is -2.18. The molecule has 27 heavy (non-hydrogen) atoms. The summed E-state index contributed by atoms with van der Waals surface area (Å²) in [7, 11) is 4.14. The Bertz CT molecular complexity index is 943. The minimum absolute atomic E-state index is 0.207. The fourth-order valence-corrected chi connectivity index (χ4v) is 3.64. The van der Waals surface area contributed by atoms with Gasteiger partial charge in [-0.3, -0.25) is 5.01 Å². The monoisotopic (exact) mass is 355 g/mol. The first-order chi connectivity index (χ1) is 13.1. The van der Waals surface area contributed by atoms with Crippen molar-refractivity contribution in [3.8, 4) is 0 Å². The van der Waals surface area contributed by atoms with Gasteiger partial charge in [-0.25, -0.2) is 0 Å². The van der Waals surface area contributed by atoms with Crippen molar-refractivity contribution < 1.29 is 0 Å². The molecule has 1 heterocycles. The van der Waals surface area contributed by atoms with Crippen molar-refractivity contribution in [2.45, 2.75) is 19.4 Å². The van der Waals surface area contributed by atoms with Gasteiger partial charge in [-0.15, -0.1) is 0 Å². The van der Waals surface area contributed by atoms with Gasteiger partial charge in [0, 0.05) is 31.8 Å². The zero-order valence-corrected chi connectivity index (χ0v) is 16.1. The number of nitrogens with zero attached hydrogens (tertiary/aromatic N) is 3. The molecule has 0 aliphatic carbocycles. The molecule has 4 rings (SSSR count). The maximum atomic E-state index is 5.04. The maximum Gasteiger partial charge on any atom is 0.0831 e. The van der Waals surface area contributed by atoms with E-state index in [0.717, 1.165) is 17.8 Å². The third kappa shape index (κ3) is 3.45. The Hall–Kier alpha value is -3.07. The highest BCUT2D eigenvalue weighted by Crippen LogP contribution is 2.37. The molecule has 0 N–H and O–H groups in total. The molecule has 0 radical (unpaired) electrons. The lowest BCUT2D eigenvalue weighted by atomic mass is 9.96. The number of rotatable bonds is 4. The Kier molecular flexibility index (Phi) is 4.68. The van der Waals surface area contributed by atoms with Crippen LogP contribution in [0.3, 0.4) is 0 Å². The van der Waals surface area contributed by atoms with Crippen molar-refractivity contribution in [2.24, 2.45) is 5.10 Å². The van der Waals surface area contributed by atoms with Crippen molar-refractivity contribution in [1.29, 1.82) is 0 Å². The first-order valence-corrected chi connectivity index (χ1v) is 9.38. The Morgan fingerprint density at radius 3 is 2.19 bits per heavy atom. The molecule has 3 nitrogen and oxygen atoms in total. The lowest BCUT2D eigenvalue weighted by Gasteiger charge is -2.24. The summed E-state index contributed by atoms with van der Waals surface area (Å²) in [5, 5.41) is 7.22. The smallest absolute Gasteiger partial charge is 0.0831 e. The number of para-hydroxylation sites is 1. The van der Waals surface area contributed by atoms with Crippen molar-refractivity contribution >= 4 is 17.1 Å². The number of hydrazone groups is 1. The average Bonchev–Trinajstić information content (AvgIpc) is 3.14. The third-order valence-electron chi connectivity index (χ3n) is 5.18. The molecule has 1 atom stereocenters. The van der Waals surface area contributed by atoms with Crippen LogP contribution >= 0.6 is 0 Å². The molecule has 0 amide bonds. The molecular weight excluding hydrogens is 330 g/mol. The highest BCUT2D eigenvalue weighted by Gasteiger charge is 2.30. The van der Waals surface area contributed by atoms with E-state index in [4.69, 9.17) is 5.10 Å². The summed E-state index contributed by atoms with van der Waals surface area (Å²) in [5.74, 6) is 0. The zero-order chi connectivity index (χ0) is 18.8. The molecular formula is C24H25N3. The molecule has 0 fully saturated rings. The van der Waals surface area contributed by atoms with Crippen LogP contribution in [0.4, 0.5) is 11.4 Å². The summed E-state index contributed by atoms with van der Waals surface area (Å²) in [6.07, 6.45) is 0.904. The largest absolute Gasteiger partial charge is 0.378 e. The van der Waals surface area contributed by atoms with Gasteiger partial charge in [0.2, 0.25) is 0 Å². The summed E-state index contributed by atoms with van der Waals surface area (Å²) >= 11 is 0. The Morgan fingerprint density at radius 1 is 0.852 bits per heavy atom. The van der Waals surface area contributed by atoms with Gasteiger partial charge in [0.15, 0.2) is 0 Å². The molecule has 0 bridgehead atoms. The second kappa shape index (κ2) is 7.28. The quantitative estimate of drug-likeness (QED) is 0.622. The number of anilines is 2. The highest BCUT2D eigenvalue weighted by molar-refractivity contribution is 6.04. The zero-order valence-electron chi connectivity index (χ0n) is 16.1. The van der Waals surface area contributed by atoms with Gasteiger partial charge in [-0.1, -0.05) is 54.6 Å². The minimum Gasteiger partial charge on any atom is -0.378 e. The van der Waals surface area contributed by atoms with Crippen LogP contribution < -0.4 is 9.91 Å². The Balaban J connectivity index is 1.73. The van der Waals surface area contributed by atoms with E-state index in [1.54, 1.807) is 0 Å². The van der Waals surface area contributed by atoms with Crippen molar-refractivity contribution in [1.82, 2.24) is 0 Å². The normalized spacial score (nSPS) is 16.3. The predicted octanol–water partition coefficient (Wildman–Crippen LogP) is 5.42. The van der Waals surface area contributed by atoms with E-state index in [0.29, 0.717) is 0 Å². The van der Waals surface area contributed by atoms with Gasteiger partial charge in [-0.2, -0.15) is 5.10 Å². The topological polar surface area (TPSA) is 18.8 Å². The molecule has 1 aliphatic heterocycles. The van der Waals surface area contributed by atoms with Gasteiger partial charge in [0.25, 0.3) is 0 Å². The lowest BCUT2D eigenvalue weighted by molar-refractivity contribution is 0.709. The summed E-state index contributed by atoms with van der Waals surface area (Å²) in [5.41, 5.74) is 7.29. The van der Waals surface area contributed by atoms with Gasteiger partial charge < -0.3 is 4.90 Å². The summed E-state index contributed by atoms with van der Waals surface area (Å²) in [6, 6.07) is 28.0. The molecule has 136 valence electrons. The van der Waals surface area contributed by atoms with Crippen LogP contribution in [0.1, 0.15) is 29.2 Å². The van der Waals surface area contributed by atoms with Crippen LogP contribution in [0, 0.1) is 6.92 Å². The molecule has 0 aromatic heterocycles. The Labute approximate surface area is 161 Å².